The number of hydrogen-bond acceptors (Lipinski definition) is 4. The number of hydrogen-bond donors (Lipinski definition) is 1. The second-order valence-corrected chi connectivity index (χ2v) is 6.22. The van der Waals surface area contributed by atoms with Gasteiger partial charge in [0, 0.05) is 16.6 Å². The van der Waals surface area contributed by atoms with E-state index in [1.54, 1.807) is 23.5 Å². The van der Waals surface area contributed by atoms with E-state index in [0.29, 0.717) is 0 Å². The van der Waals surface area contributed by atoms with E-state index in [2.05, 4.69) is 16.8 Å². The van der Waals surface area contributed by atoms with Crippen molar-refractivity contribution in [2.45, 2.75) is 25.3 Å². The Labute approximate surface area is 125 Å². The minimum Gasteiger partial charge on any atom is -0.378 e. The molecule has 0 saturated carbocycles. The van der Waals surface area contributed by atoms with Crippen LogP contribution in [0.1, 0.15) is 29.3 Å². The van der Waals surface area contributed by atoms with Crippen molar-refractivity contribution in [3.8, 4) is 0 Å². The molecular weight excluding hydrogens is 296 g/mol. The number of benzene rings is 1. The Morgan fingerprint density at radius 3 is 3.00 bits per heavy atom. The van der Waals surface area contributed by atoms with Crippen molar-refractivity contribution < 1.29 is 4.92 Å². The van der Waals surface area contributed by atoms with E-state index in [4.69, 9.17) is 11.6 Å². The zero-order chi connectivity index (χ0) is 14.1. The summed E-state index contributed by atoms with van der Waals surface area (Å²) in [6.45, 7) is 0. The van der Waals surface area contributed by atoms with Gasteiger partial charge in [0.05, 0.1) is 11.0 Å². The summed E-state index contributed by atoms with van der Waals surface area (Å²) in [5, 5.41) is 16.5. The molecule has 0 aliphatic heterocycles. The molecule has 0 amide bonds. The third kappa shape index (κ3) is 2.51. The van der Waals surface area contributed by atoms with E-state index >= 15 is 0 Å². The molecule has 6 heteroatoms. The summed E-state index contributed by atoms with van der Waals surface area (Å²) in [4.78, 5) is 11.7. The topological polar surface area (TPSA) is 55.2 Å². The lowest BCUT2D eigenvalue weighted by Crippen LogP contribution is -2.15. The first-order valence-electron chi connectivity index (χ1n) is 6.42. The van der Waals surface area contributed by atoms with Gasteiger partial charge in [-0.05, 0) is 48.4 Å². The largest absolute Gasteiger partial charge is 0.378 e. The van der Waals surface area contributed by atoms with Crippen molar-refractivity contribution >= 4 is 34.3 Å². The fourth-order valence-electron chi connectivity index (χ4n) is 2.58. The van der Waals surface area contributed by atoms with Gasteiger partial charge >= 0.3 is 0 Å². The standard InChI is InChI=1S/C14H13ClN2O2S/c15-11-8-9(4-5-13(11)17(18)19)16-12-2-1-3-14-10(12)6-7-20-14/h4-8,12,16H,1-3H2. The molecule has 0 radical (unpaired) electrons. The number of aryl methyl sites for hydroxylation is 1. The summed E-state index contributed by atoms with van der Waals surface area (Å²) in [7, 11) is 0. The molecule has 1 atom stereocenters. The van der Waals surface area contributed by atoms with Crippen LogP contribution in [0.25, 0.3) is 0 Å². The third-order valence-corrected chi connectivity index (χ3v) is 4.84. The number of thiophene rings is 1. The monoisotopic (exact) mass is 308 g/mol. The lowest BCUT2D eigenvalue weighted by Gasteiger charge is -2.24. The van der Waals surface area contributed by atoms with Gasteiger partial charge in [-0.3, -0.25) is 10.1 Å². The highest BCUT2D eigenvalue weighted by Crippen LogP contribution is 2.36. The summed E-state index contributed by atoms with van der Waals surface area (Å²) < 4.78 is 0. The molecule has 1 N–H and O–H groups in total. The van der Waals surface area contributed by atoms with Gasteiger partial charge in [0.2, 0.25) is 0 Å². The van der Waals surface area contributed by atoms with E-state index in [1.165, 1.54) is 16.5 Å². The third-order valence-electron chi connectivity index (χ3n) is 3.54. The van der Waals surface area contributed by atoms with E-state index in [0.717, 1.165) is 24.9 Å². The van der Waals surface area contributed by atoms with Gasteiger partial charge in [-0.15, -0.1) is 11.3 Å². The number of nitrogens with one attached hydrogen (secondary N) is 1. The lowest BCUT2D eigenvalue weighted by molar-refractivity contribution is -0.384. The Hall–Kier alpha value is -1.59. The van der Waals surface area contributed by atoms with Crippen LogP contribution in [0.3, 0.4) is 0 Å². The molecule has 3 rings (SSSR count). The predicted molar refractivity (Wildman–Crippen MR) is 81.7 cm³/mol. The summed E-state index contributed by atoms with van der Waals surface area (Å²) in [5.41, 5.74) is 2.11. The second-order valence-electron chi connectivity index (χ2n) is 4.81. The Balaban J connectivity index is 1.83. The van der Waals surface area contributed by atoms with Crippen molar-refractivity contribution in [3.05, 3.63) is 55.2 Å². The van der Waals surface area contributed by atoms with Crippen LogP contribution >= 0.6 is 22.9 Å². The van der Waals surface area contributed by atoms with Crippen LogP contribution in [-0.2, 0) is 6.42 Å². The maximum atomic E-state index is 10.8. The molecule has 1 heterocycles. The SMILES string of the molecule is O=[N+]([O-])c1ccc(NC2CCCc3sccc32)cc1Cl. The minimum absolute atomic E-state index is 0.0583. The molecule has 0 fully saturated rings. The average Bonchev–Trinajstić information content (AvgIpc) is 2.87. The van der Waals surface area contributed by atoms with Crippen LogP contribution in [0.2, 0.25) is 5.02 Å². The molecule has 1 aliphatic carbocycles. The van der Waals surface area contributed by atoms with Gasteiger partial charge in [0.25, 0.3) is 5.69 Å². The van der Waals surface area contributed by atoms with Crippen molar-refractivity contribution in [2.75, 3.05) is 5.32 Å². The average molecular weight is 309 g/mol. The van der Waals surface area contributed by atoms with Gasteiger partial charge in [-0.1, -0.05) is 11.6 Å². The highest BCUT2D eigenvalue weighted by atomic mass is 35.5. The van der Waals surface area contributed by atoms with E-state index in [9.17, 15) is 10.1 Å². The van der Waals surface area contributed by atoms with Crippen LogP contribution in [-0.4, -0.2) is 4.92 Å². The van der Waals surface area contributed by atoms with Gasteiger partial charge < -0.3 is 5.32 Å². The summed E-state index contributed by atoms with van der Waals surface area (Å²) >= 11 is 7.74. The number of nitro benzene ring substituents is 1. The van der Waals surface area contributed by atoms with Crippen LogP contribution in [0.4, 0.5) is 11.4 Å². The Morgan fingerprint density at radius 1 is 1.40 bits per heavy atom. The predicted octanol–water partition coefficient (Wildman–Crippen LogP) is 4.80. The molecular formula is C14H13ClN2O2S. The molecule has 1 aromatic heterocycles. The fraction of sp³-hybridized carbons (Fsp3) is 0.286. The maximum absolute atomic E-state index is 10.8. The van der Waals surface area contributed by atoms with Crippen molar-refractivity contribution in [1.82, 2.24) is 0 Å². The first-order valence-corrected chi connectivity index (χ1v) is 7.67. The van der Waals surface area contributed by atoms with Crippen molar-refractivity contribution in [2.24, 2.45) is 0 Å². The van der Waals surface area contributed by atoms with Gasteiger partial charge in [0.15, 0.2) is 0 Å². The Bertz CT molecular complexity index is 656. The van der Waals surface area contributed by atoms with Gasteiger partial charge in [-0.2, -0.15) is 0 Å². The number of nitrogens with zero attached hydrogens (tertiary/aromatic N) is 1. The number of nitro groups is 1. The van der Waals surface area contributed by atoms with Crippen LogP contribution in [0, 0.1) is 10.1 Å². The number of fused-ring (bicyclic) bond motifs is 1. The first kappa shape index (κ1) is 13.4. The maximum Gasteiger partial charge on any atom is 0.288 e. The quantitative estimate of drug-likeness (QED) is 0.654. The second kappa shape index (κ2) is 5.42. The molecule has 0 bridgehead atoms. The number of rotatable bonds is 3. The Kier molecular flexibility index (Phi) is 3.63. The van der Waals surface area contributed by atoms with Gasteiger partial charge in [-0.25, -0.2) is 0 Å². The van der Waals surface area contributed by atoms with Crippen LogP contribution < -0.4 is 5.32 Å². The molecule has 1 unspecified atom stereocenters. The smallest absolute Gasteiger partial charge is 0.288 e. The van der Waals surface area contributed by atoms with E-state index in [-0.39, 0.29) is 16.8 Å². The molecule has 1 aliphatic rings. The normalized spacial score (nSPS) is 17.6. The van der Waals surface area contributed by atoms with Crippen molar-refractivity contribution in [1.29, 1.82) is 0 Å². The molecule has 4 nitrogen and oxygen atoms in total. The molecule has 104 valence electrons. The van der Waals surface area contributed by atoms with Gasteiger partial charge in [0.1, 0.15) is 5.02 Å². The first-order chi connectivity index (χ1) is 9.65. The fourth-order valence-corrected chi connectivity index (χ4v) is 3.82. The number of anilines is 1. The van der Waals surface area contributed by atoms with Crippen molar-refractivity contribution in [3.63, 3.8) is 0 Å². The lowest BCUT2D eigenvalue weighted by atomic mass is 9.94. The highest BCUT2D eigenvalue weighted by Gasteiger charge is 2.21. The van der Waals surface area contributed by atoms with E-state index in [1.807, 2.05) is 0 Å². The zero-order valence-corrected chi connectivity index (χ0v) is 12.2. The summed E-state index contributed by atoms with van der Waals surface area (Å²) in [6, 6.07) is 7.21. The molecule has 1 aromatic carbocycles. The molecule has 0 spiro atoms. The Morgan fingerprint density at radius 2 is 2.25 bits per heavy atom. The van der Waals surface area contributed by atoms with Crippen LogP contribution in [0.15, 0.2) is 29.6 Å². The molecule has 0 saturated heterocycles. The molecule has 2 aromatic rings. The zero-order valence-electron chi connectivity index (χ0n) is 10.6. The highest BCUT2D eigenvalue weighted by molar-refractivity contribution is 7.10. The minimum atomic E-state index is -0.469. The van der Waals surface area contributed by atoms with E-state index < -0.39 is 4.92 Å². The van der Waals surface area contributed by atoms with Crippen LogP contribution in [0.5, 0.6) is 0 Å². The summed E-state index contributed by atoms with van der Waals surface area (Å²) in [5.74, 6) is 0. The molecule has 20 heavy (non-hydrogen) atoms. The summed E-state index contributed by atoms with van der Waals surface area (Å²) in [6.07, 6.45) is 3.37. The number of halogens is 1.